The Labute approximate surface area is 124 Å². The number of morpholine rings is 1. The maximum atomic E-state index is 12.4. The minimum atomic E-state index is -3.37. The van der Waals surface area contributed by atoms with Crippen LogP contribution >= 0.6 is 11.5 Å². The summed E-state index contributed by atoms with van der Waals surface area (Å²) in [6, 6.07) is 0.180. The molecule has 2 rings (SSSR count). The topological polar surface area (TPSA) is 85.5 Å². The molecule has 114 valence electrons. The third-order valence-electron chi connectivity index (χ3n) is 3.40. The van der Waals surface area contributed by atoms with Gasteiger partial charge in [-0.2, -0.15) is 4.37 Å². The third kappa shape index (κ3) is 2.91. The first-order valence-electron chi connectivity index (χ1n) is 6.83. The normalized spacial score (nSPS) is 20.3. The molecule has 1 saturated heterocycles. The Hall–Kier alpha value is -0.860. The van der Waals surface area contributed by atoms with Gasteiger partial charge in [0.15, 0.2) is 15.7 Å². The zero-order valence-corrected chi connectivity index (χ0v) is 13.5. The molecule has 8 heteroatoms. The highest BCUT2D eigenvalue weighted by atomic mass is 32.2. The number of rotatable bonds is 5. The van der Waals surface area contributed by atoms with Crippen molar-refractivity contribution in [2.24, 2.45) is 0 Å². The van der Waals surface area contributed by atoms with Crippen LogP contribution in [0.1, 0.15) is 26.7 Å². The van der Waals surface area contributed by atoms with E-state index in [0.29, 0.717) is 31.2 Å². The Morgan fingerprint density at radius 2 is 2.25 bits per heavy atom. The van der Waals surface area contributed by atoms with Gasteiger partial charge in [0.25, 0.3) is 0 Å². The zero-order chi connectivity index (χ0) is 14.8. The van der Waals surface area contributed by atoms with Crippen molar-refractivity contribution in [3.8, 4) is 0 Å². The van der Waals surface area contributed by atoms with E-state index in [1.807, 2.05) is 6.92 Å². The number of nitrogen functional groups attached to an aromatic ring is 1. The molecule has 1 fully saturated rings. The molecule has 0 amide bonds. The fourth-order valence-electron chi connectivity index (χ4n) is 2.39. The summed E-state index contributed by atoms with van der Waals surface area (Å²) < 4.78 is 34.3. The maximum Gasteiger partial charge on any atom is 0.185 e. The molecule has 1 aliphatic heterocycles. The number of anilines is 2. The monoisotopic (exact) mass is 319 g/mol. The molecule has 0 radical (unpaired) electrons. The van der Waals surface area contributed by atoms with Crippen molar-refractivity contribution in [3.05, 3.63) is 0 Å². The van der Waals surface area contributed by atoms with Gasteiger partial charge in [0.2, 0.25) is 0 Å². The van der Waals surface area contributed by atoms with E-state index in [9.17, 15) is 8.42 Å². The first-order valence-corrected chi connectivity index (χ1v) is 9.26. The van der Waals surface area contributed by atoms with Gasteiger partial charge in [-0.25, -0.2) is 8.42 Å². The molecule has 20 heavy (non-hydrogen) atoms. The summed E-state index contributed by atoms with van der Waals surface area (Å²) in [6.07, 6.45) is 1.46. The number of ether oxygens (including phenoxy) is 1. The summed E-state index contributed by atoms with van der Waals surface area (Å²) in [7, 11) is -3.37. The number of nitrogens with two attached hydrogens (primary N) is 1. The first kappa shape index (κ1) is 15.5. The van der Waals surface area contributed by atoms with Gasteiger partial charge in [-0.05, 0) is 24.4 Å². The number of sulfone groups is 1. The van der Waals surface area contributed by atoms with Gasteiger partial charge in [-0.3, -0.25) is 0 Å². The smallest absolute Gasteiger partial charge is 0.185 e. The second-order valence-corrected chi connectivity index (χ2v) is 7.65. The lowest BCUT2D eigenvalue weighted by Gasteiger charge is -2.36. The standard InChI is InChI=1S/C12H21N3O3S2/c1-3-7-20(16,17)10-11(13)14-19-12(10)15-5-6-18-8-9(15)4-2/h9H,3-8H2,1-2H3,(H2,13,14). The average Bonchev–Trinajstić information content (AvgIpc) is 2.81. The fourth-order valence-corrected chi connectivity index (χ4v) is 5.24. The molecular formula is C12H21N3O3S2. The summed E-state index contributed by atoms with van der Waals surface area (Å²) in [5.74, 6) is 0.226. The molecule has 1 aromatic heterocycles. The van der Waals surface area contributed by atoms with Crippen molar-refractivity contribution < 1.29 is 13.2 Å². The summed E-state index contributed by atoms with van der Waals surface area (Å²) in [4.78, 5) is 2.30. The maximum absolute atomic E-state index is 12.4. The van der Waals surface area contributed by atoms with E-state index in [0.717, 1.165) is 6.42 Å². The van der Waals surface area contributed by atoms with Gasteiger partial charge in [0.1, 0.15) is 9.90 Å². The third-order valence-corrected chi connectivity index (χ3v) is 6.40. The largest absolute Gasteiger partial charge is 0.382 e. The van der Waals surface area contributed by atoms with E-state index < -0.39 is 9.84 Å². The molecule has 0 spiro atoms. The van der Waals surface area contributed by atoms with Crippen LogP contribution in [0.4, 0.5) is 10.8 Å². The molecule has 1 aliphatic rings. The van der Waals surface area contributed by atoms with Crippen LogP contribution in [0.2, 0.25) is 0 Å². The van der Waals surface area contributed by atoms with E-state index in [1.165, 1.54) is 11.5 Å². The lowest BCUT2D eigenvalue weighted by atomic mass is 10.2. The van der Waals surface area contributed by atoms with Crippen LogP contribution in [-0.2, 0) is 14.6 Å². The molecule has 0 saturated carbocycles. The molecule has 2 N–H and O–H groups in total. The minimum absolute atomic E-state index is 0.101. The van der Waals surface area contributed by atoms with Crippen molar-refractivity contribution in [1.82, 2.24) is 4.37 Å². The summed E-state index contributed by atoms with van der Waals surface area (Å²) in [6.45, 7) is 5.80. The second-order valence-electron chi connectivity index (χ2n) is 4.85. The predicted molar refractivity (Wildman–Crippen MR) is 81.1 cm³/mol. The van der Waals surface area contributed by atoms with E-state index >= 15 is 0 Å². The van der Waals surface area contributed by atoms with E-state index in [-0.39, 0.29) is 22.5 Å². The van der Waals surface area contributed by atoms with Crippen molar-refractivity contribution >= 4 is 32.2 Å². The Morgan fingerprint density at radius 3 is 2.90 bits per heavy atom. The molecule has 0 aliphatic carbocycles. The summed E-state index contributed by atoms with van der Waals surface area (Å²) in [5.41, 5.74) is 5.81. The number of nitrogens with zero attached hydrogens (tertiary/aromatic N) is 2. The first-order chi connectivity index (χ1) is 9.51. The molecular weight excluding hydrogens is 298 g/mol. The SMILES string of the molecule is CCCS(=O)(=O)c1c(N)nsc1N1CCOCC1CC. The van der Waals surface area contributed by atoms with Gasteiger partial charge in [0, 0.05) is 6.54 Å². The van der Waals surface area contributed by atoms with Crippen LogP contribution in [0.25, 0.3) is 0 Å². The zero-order valence-electron chi connectivity index (χ0n) is 11.8. The van der Waals surface area contributed by atoms with Gasteiger partial charge in [-0.1, -0.05) is 13.8 Å². The number of hydrogen-bond acceptors (Lipinski definition) is 7. The lowest BCUT2D eigenvalue weighted by molar-refractivity contribution is 0.0931. The lowest BCUT2D eigenvalue weighted by Crippen LogP contribution is -2.45. The second kappa shape index (κ2) is 6.28. The highest BCUT2D eigenvalue weighted by Crippen LogP contribution is 2.37. The molecule has 0 aromatic carbocycles. The summed E-state index contributed by atoms with van der Waals surface area (Å²) in [5, 5.41) is 0.672. The molecule has 1 unspecified atom stereocenters. The van der Waals surface area contributed by atoms with Crippen molar-refractivity contribution in [1.29, 1.82) is 0 Å². The predicted octanol–water partition coefficient (Wildman–Crippen LogP) is 1.52. The number of aromatic nitrogens is 1. The Kier molecular flexibility index (Phi) is 4.87. The molecule has 0 bridgehead atoms. The fraction of sp³-hybridized carbons (Fsp3) is 0.750. The number of hydrogen-bond donors (Lipinski definition) is 1. The molecule has 6 nitrogen and oxygen atoms in total. The van der Waals surface area contributed by atoms with Gasteiger partial charge in [-0.15, -0.1) is 0 Å². The molecule has 1 atom stereocenters. The van der Waals surface area contributed by atoms with Crippen LogP contribution < -0.4 is 10.6 Å². The minimum Gasteiger partial charge on any atom is -0.382 e. The van der Waals surface area contributed by atoms with Crippen LogP contribution in [0.15, 0.2) is 4.90 Å². The molecule has 2 heterocycles. The molecule has 1 aromatic rings. The van der Waals surface area contributed by atoms with Crippen LogP contribution in [-0.4, -0.2) is 44.3 Å². The average molecular weight is 319 g/mol. The van der Waals surface area contributed by atoms with Gasteiger partial charge >= 0.3 is 0 Å². The van der Waals surface area contributed by atoms with Crippen LogP contribution in [0.3, 0.4) is 0 Å². The Morgan fingerprint density at radius 1 is 1.50 bits per heavy atom. The van der Waals surface area contributed by atoms with E-state index in [4.69, 9.17) is 10.5 Å². The highest BCUT2D eigenvalue weighted by Gasteiger charge is 2.32. The van der Waals surface area contributed by atoms with Crippen LogP contribution in [0.5, 0.6) is 0 Å². The van der Waals surface area contributed by atoms with E-state index in [2.05, 4.69) is 16.2 Å². The van der Waals surface area contributed by atoms with Crippen molar-refractivity contribution in [2.45, 2.75) is 37.6 Å². The summed E-state index contributed by atoms with van der Waals surface area (Å²) >= 11 is 1.17. The van der Waals surface area contributed by atoms with Gasteiger partial charge in [0.05, 0.1) is 25.0 Å². The quantitative estimate of drug-likeness (QED) is 0.885. The Balaban J connectivity index is 2.42. The van der Waals surface area contributed by atoms with Gasteiger partial charge < -0.3 is 15.4 Å². The Bertz CT molecular complexity index is 556. The van der Waals surface area contributed by atoms with Crippen LogP contribution in [0, 0.1) is 0 Å². The van der Waals surface area contributed by atoms with Crippen molar-refractivity contribution in [2.75, 3.05) is 36.1 Å². The van der Waals surface area contributed by atoms with E-state index in [1.54, 1.807) is 0 Å². The van der Waals surface area contributed by atoms with Crippen molar-refractivity contribution in [3.63, 3.8) is 0 Å². The highest BCUT2D eigenvalue weighted by molar-refractivity contribution is 7.91.